The van der Waals surface area contributed by atoms with Crippen LogP contribution in [0.3, 0.4) is 0 Å². The van der Waals surface area contributed by atoms with Gasteiger partial charge in [-0.05, 0) is 63.5 Å². The van der Waals surface area contributed by atoms with Crippen LogP contribution in [0, 0.1) is 24.2 Å². The van der Waals surface area contributed by atoms with E-state index in [4.69, 9.17) is 11.1 Å². The van der Waals surface area contributed by atoms with Crippen molar-refractivity contribution in [2.45, 2.75) is 52.0 Å². The van der Waals surface area contributed by atoms with Gasteiger partial charge in [0.25, 0.3) is 5.91 Å². The fourth-order valence-electron chi connectivity index (χ4n) is 4.33. The summed E-state index contributed by atoms with van der Waals surface area (Å²) in [5, 5.41) is 19.6. The van der Waals surface area contributed by atoms with Gasteiger partial charge in [-0.3, -0.25) is 14.9 Å². The van der Waals surface area contributed by atoms with Crippen LogP contribution in [-0.4, -0.2) is 62.4 Å². The molecule has 3 heterocycles. The minimum Gasteiger partial charge on any atom is -0.383 e. The van der Waals surface area contributed by atoms with E-state index in [1.165, 1.54) is 6.33 Å². The summed E-state index contributed by atoms with van der Waals surface area (Å²) in [4.78, 5) is 23.8. The maximum atomic E-state index is 13.1. The van der Waals surface area contributed by atoms with Crippen molar-refractivity contribution >= 4 is 29.1 Å². The predicted octanol–water partition coefficient (Wildman–Crippen LogP) is 3.58. The highest BCUT2D eigenvalue weighted by Crippen LogP contribution is 2.24. The molecule has 0 spiro atoms. The number of carbonyl (C=O) groups excluding carboxylic acids is 1. The van der Waals surface area contributed by atoms with Gasteiger partial charge >= 0.3 is 0 Å². The number of hydrogen-bond acceptors (Lipinski definition) is 8. The molecule has 3 aromatic rings. The van der Waals surface area contributed by atoms with E-state index in [2.05, 4.69) is 70.3 Å². The molecule has 10 nitrogen and oxygen atoms in total. The zero-order valence-corrected chi connectivity index (χ0v) is 23.5. The van der Waals surface area contributed by atoms with Crippen LogP contribution < -0.4 is 16.4 Å². The number of nitrogens with two attached hydrogens (primary N) is 1. The highest BCUT2D eigenvalue weighted by atomic mass is 16.1. The summed E-state index contributed by atoms with van der Waals surface area (Å²) in [5.41, 5.74) is 9.32. The number of nitrogen functional groups attached to an aromatic ring is 1. The van der Waals surface area contributed by atoms with Crippen molar-refractivity contribution in [2.24, 2.45) is 7.05 Å². The highest BCUT2D eigenvalue weighted by molar-refractivity contribution is 6.16. The number of nitrogens with one attached hydrogen (secondary N) is 3. The van der Waals surface area contributed by atoms with Crippen molar-refractivity contribution in [3.63, 3.8) is 0 Å². The van der Waals surface area contributed by atoms with Crippen LogP contribution >= 0.6 is 0 Å². The number of rotatable bonds is 5. The smallest absolute Gasteiger partial charge is 0.256 e. The fraction of sp³-hybridized carbons (Fsp3) is 0.414. The molecule has 2 aromatic heterocycles. The molecule has 0 aliphatic carbocycles. The minimum atomic E-state index is -0.262. The first-order valence-corrected chi connectivity index (χ1v) is 13.1. The van der Waals surface area contributed by atoms with Gasteiger partial charge in [0.15, 0.2) is 0 Å². The third-order valence-electron chi connectivity index (χ3n) is 6.90. The molecule has 4 rings (SSSR count). The van der Waals surface area contributed by atoms with Crippen LogP contribution in [0.5, 0.6) is 0 Å². The van der Waals surface area contributed by atoms with E-state index in [9.17, 15) is 4.79 Å². The Bertz CT molecular complexity index is 1450. The molecule has 1 saturated heterocycles. The van der Waals surface area contributed by atoms with E-state index in [1.807, 2.05) is 19.1 Å². The molecule has 0 bridgehead atoms. The second-order valence-electron chi connectivity index (χ2n) is 11.1. The van der Waals surface area contributed by atoms with Crippen LogP contribution in [0.1, 0.15) is 66.4 Å². The molecule has 1 amide bonds. The maximum absolute atomic E-state index is 13.1. The van der Waals surface area contributed by atoms with Gasteiger partial charge in [0.05, 0.1) is 11.3 Å². The average molecular weight is 528 g/mol. The molecule has 5 N–H and O–H groups in total. The molecule has 1 fully saturated rings. The molecular formula is C29H37N9O. The third-order valence-corrected chi connectivity index (χ3v) is 6.90. The Labute approximate surface area is 229 Å². The average Bonchev–Trinajstić information content (AvgIpc) is 3.25. The lowest BCUT2D eigenvalue weighted by Crippen LogP contribution is -2.37. The lowest BCUT2D eigenvalue weighted by Gasteiger charge is -2.30. The molecule has 1 aliphatic heterocycles. The van der Waals surface area contributed by atoms with Crippen molar-refractivity contribution in [3.05, 3.63) is 58.5 Å². The first-order chi connectivity index (χ1) is 18.4. The lowest BCUT2D eigenvalue weighted by atomic mass is 9.92. The van der Waals surface area contributed by atoms with Gasteiger partial charge in [0, 0.05) is 35.7 Å². The summed E-state index contributed by atoms with van der Waals surface area (Å²) in [7, 11) is 3.91. The molecule has 0 atom stereocenters. The number of amides is 1. The minimum absolute atomic E-state index is 0.0161. The molecule has 10 heteroatoms. The van der Waals surface area contributed by atoms with Crippen molar-refractivity contribution in [3.8, 4) is 11.8 Å². The Morgan fingerprint density at radius 2 is 1.87 bits per heavy atom. The van der Waals surface area contributed by atoms with Crippen molar-refractivity contribution in [1.29, 1.82) is 5.41 Å². The van der Waals surface area contributed by atoms with Crippen LogP contribution in [0.15, 0.2) is 30.6 Å². The van der Waals surface area contributed by atoms with Crippen molar-refractivity contribution in [1.82, 2.24) is 24.6 Å². The second kappa shape index (κ2) is 11.3. The molecule has 204 valence electrons. The van der Waals surface area contributed by atoms with E-state index in [1.54, 1.807) is 23.9 Å². The van der Waals surface area contributed by atoms with Gasteiger partial charge in [-0.25, -0.2) is 9.97 Å². The van der Waals surface area contributed by atoms with Crippen LogP contribution in [0.2, 0.25) is 0 Å². The molecule has 0 unspecified atom stereocenters. The van der Waals surface area contributed by atoms with Crippen LogP contribution in [0.4, 0.5) is 17.5 Å². The fourth-order valence-corrected chi connectivity index (χ4v) is 4.33. The van der Waals surface area contributed by atoms with Gasteiger partial charge < -0.3 is 21.3 Å². The Kier molecular flexibility index (Phi) is 8.02. The first kappa shape index (κ1) is 27.8. The molecule has 1 aromatic carbocycles. The molecule has 0 radical (unpaired) electrons. The quantitative estimate of drug-likeness (QED) is 0.294. The number of piperidine rings is 1. The predicted molar refractivity (Wildman–Crippen MR) is 155 cm³/mol. The number of nitrogens with zero attached hydrogens (tertiary/aromatic N) is 5. The highest BCUT2D eigenvalue weighted by Gasteiger charge is 2.22. The number of carbonyl (C=O) groups is 1. The van der Waals surface area contributed by atoms with Crippen LogP contribution in [-0.2, 0) is 12.5 Å². The van der Waals surface area contributed by atoms with E-state index < -0.39 is 0 Å². The summed E-state index contributed by atoms with van der Waals surface area (Å²) in [6.45, 7) is 10.1. The maximum Gasteiger partial charge on any atom is 0.256 e. The standard InChI is InChI=1S/C29H37N9O/c1-18-7-8-20(28(39)35-24-16-23(29(2,3)4)36-38(24)6)15-19(18)9-10-22(30)25-26(31)32-17-33-27(25)34-21-11-13-37(5)14-12-21/h7-8,15-17,21,30H,11-14H2,1-6H3,(H,35,39)(H3,31,32,33,34). The summed E-state index contributed by atoms with van der Waals surface area (Å²) in [5.74, 6) is 7.03. The summed E-state index contributed by atoms with van der Waals surface area (Å²) in [6.07, 6.45) is 3.35. The topological polar surface area (TPSA) is 138 Å². The largest absolute Gasteiger partial charge is 0.383 e. The zero-order valence-electron chi connectivity index (χ0n) is 23.5. The van der Waals surface area contributed by atoms with Gasteiger partial charge in [0.2, 0.25) is 0 Å². The van der Waals surface area contributed by atoms with E-state index in [-0.39, 0.29) is 28.9 Å². The summed E-state index contributed by atoms with van der Waals surface area (Å²) in [6, 6.07) is 7.46. The Morgan fingerprint density at radius 1 is 1.15 bits per heavy atom. The SMILES string of the molecule is Cc1ccc(C(=O)Nc2cc(C(C)(C)C)nn2C)cc1C#CC(=N)c1c(N)ncnc1NC1CCN(C)CC1. The van der Waals surface area contributed by atoms with Crippen molar-refractivity contribution in [2.75, 3.05) is 36.5 Å². The monoisotopic (exact) mass is 527 g/mol. The van der Waals surface area contributed by atoms with Gasteiger partial charge in [0.1, 0.15) is 29.5 Å². The number of hydrogen-bond donors (Lipinski definition) is 4. The van der Waals surface area contributed by atoms with Crippen LogP contribution in [0.25, 0.3) is 0 Å². The number of likely N-dealkylation sites (tertiary alicyclic amines) is 1. The van der Waals surface area contributed by atoms with Crippen molar-refractivity contribution < 1.29 is 4.79 Å². The Balaban J connectivity index is 1.54. The number of anilines is 3. The lowest BCUT2D eigenvalue weighted by molar-refractivity contribution is 0.102. The second-order valence-corrected chi connectivity index (χ2v) is 11.1. The summed E-state index contributed by atoms with van der Waals surface area (Å²) >= 11 is 0. The van der Waals surface area contributed by atoms with E-state index >= 15 is 0 Å². The number of benzene rings is 1. The molecule has 39 heavy (non-hydrogen) atoms. The molecular weight excluding hydrogens is 490 g/mol. The first-order valence-electron chi connectivity index (χ1n) is 13.1. The molecule has 1 aliphatic rings. The number of aromatic nitrogens is 4. The zero-order chi connectivity index (χ0) is 28.3. The van der Waals surface area contributed by atoms with Gasteiger partial charge in [-0.1, -0.05) is 32.8 Å². The van der Waals surface area contributed by atoms with Gasteiger partial charge in [-0.2, -0.15) is 5.10 Å². The van der Waals surface area contributed by atoms with Gasteiger partial charge in [-0.15, -0.1) is 0 Å². The number of aryl methyl sites for hydroxylation is 2. The van der Waals surface area contributed by atoms with E-state index in [0.29, 0.717) is 28.3 Å². The molecule has 0 saturated carbocycles. The summed E-state index contributed by atoms with van der Waals surface area (Å²) < 4.78 is 1.66. The third kappa shape index (κ3) is 6.62. The normalized spacial score (nSPS) is 14.4. The Hall–Kier alpha value is -4.23. The van der Waals surface area contributed by atoms with E-state index in [0.717, 1.165) is 37.2 Å². The Morgan fingerprint density at radius 3 is 2.54 bits per heavy atom.